The molecule has 2 N–H and O–H groups in total. The molecule has 2 heteroatoms. The topological polar surface area (TPSA) is 35.2 Å². The molecule has 1 spiro atoms. The molecule has 0 bridgehead atoms. The van der Waals surface area contributed by atoms with Crippen LogP contribution >= 0.6 is 0 Å². The van der Waals surface area contributed by atoms with Gasteiger partial charge in [-0.3, -0.25) is 0 Å². The van der Waals surface area contributed by atoms with Crippen LogP contribution < -0.4 is 5.73 Å². The van der Waals surface area contributed by atoms with Crippen molar-refractivity contribution in [3.05, 3.63) is 0 Å². The highest BCUT2D eigenvalue weighted by molar-refractivity contribution is 4.93. The number of hydrogen-bond acceptors (Lipinski definition) is 2. The summed E-state index contributed by atoms with van der Waals surface area (Å²) in [5.74, 6) is 0.603. The van der Waals surface area contributed by atoms with E-state index in [1.807, 2.05) is 0 Å². The minimum Gasteiger partial charge on any atom is -0.372 e. The first-order valence-corrected chi connectivity index (χ1v) is 7.08. The largest absolute Gasteiger partial charge is 0.372 e. The summed E-state index contributed by atoms with van der Waals surface area (Å²) in [6.07, 6.45) is 10.6. The Kier molecular flexibility index (Phi) is 3.91. The van der Waals surface area contributed by atoms with Gasteiger partial charge in [-0.15, -0.1) is 0 Å². The summed E-state index contributed by atoms with van der Waals surface area (Å²) in [4.78, 5) is 0. The standard InChI is InChI=1S/C14H27NO/c1-3-13(15)11(2)10-12-6-9-14(16-12)7-4-5-8-14/h11-13H,3-10,15H2,1-2H3. The van der Waals surface area contributed by atoms with Gasteiger partial charge in [0.25, 0.3) is 0 Å². The quantitative estimate of drug-likeness (QED) is 0.797. The SMILES string of the molecule is CCC(N)C(C)CC1CCC2(CCCC2)O1. The van der Waals surface area contributed by atoms with E-state index >= 15 is 0 Å². The molecule has 94 valence electrons. The molecule has 1 saturated heterocycles. The summed E-state index contributed by atoms with van der Waals surface area (Å²) >= 11 is 0. The molecular weight excluding hydrogens is 198 g/mol. The van der Waals surface area contributed by atoms with Gasteiger partial charge in [-0.1, -0.05) is 26.7 Å². The molecule has 16 heavy (non-hydrogen) atoms. The summed E-state index contributed by atoms with van der Waals surface area (Å²) in [6.45, 7) is 4.45. The zero-order valence-electron chi connectivity index (χ0n) is 10.9. The molecule has 2 aliphatic rings. The van der Waals surface area contributed by atoms with Gasteiger partial charge in [0.15, 0.2) is 0 Å². The lowest BCUT2D eigenvalue weighted by molar-refractivity contribution is -0.0444. The maximum absolute atomic E-state index is 6.32. The maximum Gasteiger partial charge on any atom is 0.0687 e. The monoisotopic (exact) mass is 225 g/mol. The summed E-state index contributed by atoms with van der Waals surface area (Å²) in [6, 6.07) is 0.351. The minimum absolute atomic E-state index is 0.292. The highest BCUT2D eigenvalue weighted by atomic mass is 16.5. The van der Waals surface area contributed by atoms with Crippen molar-refractivity contribution in [1.82, 2.24) is 0 Å². The highest BCUT2D eigenvalue weighted by Crippen LogP contribution is 2.44. The summed E-state index contributed by atoms with van der Waals surface area (Å²) in [5.41, 5.74) is 6.38. The second-order valence-corrected chi connectivity index (χ2v) is 5.95. The van der Waals surface area contributed by atoms with Crippen molar-refractivity contribution in [2.75, 3.05) is 0 Å². The third-order valence-electron chi connectivity index (χ3n) is 4.69. The van der Waals surface area contributed by atoms with E-state index in [1.165, 1.54) is 38.5 Å². The van der Waals surface area contributed by atoms with Gasteiger partial charge in [0, 0.05) is 6.04 Å². The summed E-state index contributed by atoms with van der Waals surface area (Å²) < 4.78 is 6.32. The maximum atomic E-state index is 6.32. The van der Waals surface area contributed by atoms with Crippen LogP contribution in [-0.4, -0.2) is 17.7 Å². The highest BCUT2D eigenvalue weighted by Gasteiger charge is 2.42. The van der Waals surface area contributed by atoms with Gasteiger partial charge in [-0.2, -0.15) is 0 Å². The van der Waals surface area contributed by atoms with E-state index in [0.29, 0.717) is 23.7 Å². The summed E-state index contributed by atoms with van der Waals surface area (Å²) in [5, 5.41) is 0. The molecule has 0 aromatic carbocycles. The Balaban J connectivity index is 1.80. The van der Waals surface area contributed by atoms with Crippen molar-refractivity contribution >= 4 is 0 Å². The number of hydrogen-bond donors (Lipinski definition) is 1. The Labute approximate surface area is 99.9 Å². The first-order chi connectivity index (χ1) is 7.65. The van der Waals surface area contributed by atoms with Crippen LogP contribution in [0.5, 0.6) is 0 Å². The van der Waals surface area contributed by atoms with Gasteiger partial charge in [-0.05, 0) is 44.4 Å². The molecule has 2 nitrogen and oxygen atoms in total. The van der Waals surface area contributed by atoms with Crippen molar-refractivity contribution in [2.24, 2.45) is 11.7 Å². The van der Waals surface area contributed by atoms with Gasteiger partial charge >= 0.3 is 0 Å². The smallest absolute Gasteiger partial charge is 0.0687 e. The molecule has 3 atom stereocenters. The van der Waals surface area contributed by atoms with Gasteiger partial charge in [0.1, 0.15) is 0 Å². The molecule has 0 aromatic heterocycles. The van der Waals surface area contributed by atoms with E-state index in [0.717, 1.165) is 12.8 Å². The van der Waals surface area contributed by atoms with E-state index in [-0.39, 0.29) is 0 Å². The van der Waals surface area contributed by atoms with Crippen LogP contribution in [0.2, 0.25) is 0 Å². The third-order valence-corrected chi connectivity index (χ3v) is 4.69. The number of rotatable bonds is 4. The second kappa shape index (κ2) is 5.05. The van der Waals surface area contributed by atoms with Gasteiger partial charge in [0.2, 0.25) is 0 Å². The number of ether oxygens (including phenoxy) is 1. The van der Waals surface area contributed by atoms with Crippen LogP contribution in [0, 0.1) is 5.92 Å². The molecule has 1 saturated carbocycles. The third kappa shape index (κ3) is 2.60. The molecule has 1 aliphatic heterocycles. The van der Waals surface area contributed by atoms with E-state index < -0.39 is 0 Å². The summed E-state index contributed by atoms with van der Waals surface area (Å²) in [7, 11) is 0. The van der Waals surface area contributed by atoms with Crippen LogP contribution in [0.25, 0.3) is 0 Å². The van der Waals surface area contributed by atoms with Crippen LogP contribution in [0.3, 0.4) is 0 Å². The molecule has 2 rings (SSSR count). The molecule has 3 unspecified atom stereocenters. The lowest BCUT2D eigenvalue weighted by Gasteiger charge is -2.26. The van der Waals surface area contributed by atoms with E-state index in [4.69, 9.17) is 10.5 Å². The molecule has 1 aliphatic carbocycles. The Bertz CT molecular complexity index is 223. The van der Waals surface area contributed by atoms with Crippen molar-refractivity contribution in [3.63, 3.8) is 0 Å². The lowest BCUT2D eigenvalue weighted by atomic mass is 9.92. The molecule has 0 aromatic rings. The predicted molar refractivity (Wildman–Crippen MR) is 67.4 cm³/mol. The average Bonchev–Trinajstić information content (AvgIpc) is 2.89. The van der Waals surface area contributed by atoms with Crippen molar-refractivity contribution in [1.29, 1.82) is 0 Å². The molecule has 1 heterocycles. The minimum atomic E-state index is 0.292. The molecule has 2 fully saturated rings. The Morgan fingerprint density at radius 1 is 1.31 bits per heavy atom. The fraction of sp³-hybridized carbons (Fsp3) is 1.00. The van der Waals surface area contributed by atoms with Crippen molar-refractivity contribution < 1.29 is 4.74 Å². The fourth-order valence-electron chi connectivity index (χ4n) is 3.44. The Morgan fingerprint density at radius 2 is 2.00 bits per heavy atom. The van der Waals surface area contributed by atoms with Gasteiger partial charge in [0.05, 0.1) is 11.7 Å². The fourth-order valence-corrected chi connectivity index (χ4v) is 3.44. The van der Waals surface area contributed by atoms with Crippen LogP contribution in [-0.2, 0) is 4.74 Å². The first-order valence-electron chi connectivity index (χ1n) is 7.08. The van der Waals surface area contributed by atoms with Gasteiger partial charge in [-0.25, -0.2) is 0 Å². The zero-order valence-corrected chi connectivity index (χ0v) is 10.9. The van der Waals surface area contributed by atoms with E-state index in [9.17, 15) is 0 Å². The lowest BCUT2D eigenvalue weighted by Crippen LogP contribution is -2.31. The zero-order chi connectivity index (χ0) is 11.6. The van der Waals surface area contributed by atoms with Gasteiger partial charge < -0.3 is 10.5 Å². The van der Waals surface area contributed by atoms with E-state index in [1.54, 1.807) is 0 Å². The molecule has 0 radical (unpaired) electrons. The predicted octanol–water partition coefficient (Wildman–Crippen LogP) is 3.24. The van der Waals surface area contributed by atoms with E-state index in [2.05, 4.69) is 13.8 Å². The second-order valence-electron chi connectivity index (χ2n) is 5.95. The molecule has 0 amide bonds. The number of nitrogens with two attached hydrogens (primary N) is 1. The normalized spacial score (nSPS) is 32.1. The van der Waals surface area contributed by atoms with Crippen molar-refractivity contribution in [3.8, 4) is 0 Å². The van der Waals surface area contributed by atoms with Crippen LogP contribution in [0.1, 0.15) is 65.2 Å². The average molecular weight is 225 g/mol. The Morgan fingerprint density at radius 3 is 2.62 bits per heavy atom. The van der Waals surface area contributed by atoms with Crippen molar-refractivity contribution in [2.45, 2.75) is 83.0 Å². The van der Waals surface area contributed by atoms with Crippen LogP contribution in [0.4, 0.5) is 0 Å². The first kappa shape index (κ1) is 12.4. The van der Waals surface area contributed by atoms with Crippen LogP contribution in [0.15, 0.2) is 0 Å². The Hall–Kier alpha value is -0.0800. The molecular formula is C14H27NO.